The van der Waals surface area contributed by atoms with Gasteiger partial charge in [0.2, 0.25) is 15.9 Å². The molecule has 0 bridgehead atoms. The van der Waals surface area contributed by atoms with Crippen molar-refractivity contribution in [3.05, 3.63) is 60.3 Å². The van der Waals surface area contributed by atoms with Crippen LogP contribution in [0.5, 0.6) is 0 Å². The Labute approximate surface area is 167 Å². The smallest absolute Gasteiger partial charge is 0.238 e. The molecule has 1 unspecified atom stereocenters. The Morgan fingerprint density at radius 3 is 2.82 bits per heavy atom. The number of hydrogen-bond acceptors (Lipinski definition) is 5. The normalized spacial score (nSPS) is 16.4. The van der Waals surface area contributed by atoms with Gasteiger partial charge >= 0.3 is 0 Å². The second-order valence-corrected chi connectivity index (χ2v) is 9.35. The molecule has 0 aliphatic carbocycles. The molecule has 1 aliphatic rings. The van der Waals surface area contributed by atoms with E-state index in [1.807, 2.05) is 37.3 Å². The fraction of sp³-hybridized carbons (Fsp3) is 0.200. The number of fused-ring (bicyclic) bond motifs is 2. The van der Waals surface area contributed by atoms with Gasteiger partial charge in [-0.3, -0.25) is 9.78 Å². The summed E-state index contributed by atoms with van der Waals surface area (Å²) in [6.07, 6.45) is 2.35. The monoisotopic (exact) mass is 413 g/mol. The number of nitrogens with zero attached hydrogens (tertiary/aromatic N) is 2. The fourth-order valence-electron chi connectivity index (χ4n) is 3.57. The van der Waals surface area contributed by atoms with Crippen LogP contribution in [-0.2, 0) is 21.2 Å². The Balaban J connectivity index is 1.56. The quantitative estimate of drug-likeness (QED) is 0.664. The van der Waals surface area contributed by atoms with Crippen LogP contribution in [0.1, 0.15) is 12.5 Å². The van der Waals surface area contributed by atoms with Crippen LogP contribution >= 0.6 is 11.8 Å². The van der Waals surface area contributed by atoms with Crippen molar-refractivity contribution in [1.82, 2.24) is 4.98 Å². The third kappa shape index (κ3) is 3.50. The molecule has 3 aromatic rings. The number of carbonyl (C=O) groups is 1. The molecule has 1 atom stereocenters. The molecule has 2 aromatic carbocycles. The highest BCUT2D eigenvalue weighted by Crippen LogP contribution is 2.35. The number of sulfonamides is 1. The minimum absolute atomic E-state index is 0.0134. The minimum Gasteiger partial charge on any atom is -0.308 e. The lowest BCUT2D eigenvalue weighted by Crippen LogP contribution is -2.36. The number of primary sulfonamides is 1. The van der Waals surface area contributed by atoms with Gasteiger partial charge in [0.1, 0.15) is 0 Å². The van der Waals surface area contributed by atoms with Crippen molar-refractivity contribution >= 4 is 44.3 Å². The lowest BCUT2D eigenvalue weighted by atomic mass is 10.1. The van der Waals surface area contributed by atoms with Gasteiger partial charge in [-0.1, -0.05) is 18.2 Å². The minimum atomic E-state index is -3.76. The molecule has 1 aromatic heterocycles. The first-order valence-corrected chi connectivity index (χ1v) is 11.3. The third-order valence-electron chi connectivity index (χ3n) is 4.82. The Kier molecular flexibility index (Phi) is 4.86. The number of hydrogen-bond donors (Lipinski definition) is 1. The number of benzene rings is 2. The molecule has 0 fully saturated rings. The predicted molar refractivity (Wildman–Crippen MR) is 111 cm³/mol. The lowest BCUT2D eigenvalue weighted by molar-refractivity contribution is -0.116. The predicted octanol–water partition coefficient (Wildman–Crippen LogP) is 2.95. The average molecular weight is 414 g/mol. The van der Waals surface area contributed by atoms with Crippen molar-refractivity contribution in [2.45, 2.75) is 29.2 Å². The van der Waals surface area contributed by atoms with E-state index in [0.29, 0.717) is 6.42 Å². The molecule has 8 heteroatoms. The maximum atomic E-state index is 13.0. The molecule has 1 aliphatic heterocycles. The second kappa shape index (κ2) is 7.20. The van der Waals surface area contributed by atoms with Crippen LogP contribution in [0.3, 0.4) is 0 Å². The van der Waals surface area contributed by atoms with Crippen molar-refractivity contribution < 1.29 is 13.2 Å². The van der Waals surface area contributed by atoms with Gasteiger partial charge in [0.05, 0.1) is 16.2 Å². The van der Waals surface area contributed by atoms with Crippen LogP contribution in [-0.4, -0.2) is 31.1 Å². The highest BCUT2D eigenvalue weighted by molar-refractivity contribution is 8.00. The first-order valence-electron chi connectivity index (χ1n) is 8.79. The van der Waals surface area contributed by atoms with Crippen LogP contribution in [0, 0.1) is 0 Å². The molecule has 0 spiro atoms. The van der Waals surface area contributed by atoms with E-state index in [1.54, 1.807) is 23.2 Å². The van der Waals surface area contributed by atoms with Gasteiger partial charge < -0.3 is 4.90 Å². The van der Waals surface area contributed by atoms with E-state index >= 15 is 0 Å². The van der Waals surface area contributed by atoms with E-state index in [-0.39, 0.29) is 22.6 Å². The van der Waals surface area contributed by atoms with E-state index in [4.69, 9.17) is 5.14 Å². The van der Waals surface area contributed by atoms with Crippen LogP contribution in [0.25, 0.3) is 10.9 Å². The summed E-state index contributed by atoms with van der Waals surface area (Å²) in [5.41, 5.74) is 2.48. The summed E-state index contributed by atoms with van der Waals surface area (Å²) in [5, 5.41) is 6.24. The SMILES string of the molecule is CC1Cc2cc(S(N)(=O)=O)ccc2N1C(=O)CSc1ccnc2ccccc12. The standard InChI is InChI=1S/C20H19N3O3S2/c1-13-10-14-11-15(28(21,25)26)6-7-18(14)23(13)20(24)12-27-19-8-9-22-17-5-3-2-4-16(17)19/h2-9,11,13H,10,12H2,1H3,(H2,21,25,26). The molecular weight excluding hydrogens is 394 g/mol. The Hall–Kier alpha value is -2.42. The second-order valence-electron chi connectivity index (χ2n) is 6.77. The zero-order valence-electron chi connectivity index (χ0n) is 15.2. The number of pyridine rings is 1. The van der Waals surface area contributed by atoms with E-state index in [9.17, 15) is 13.2 Å². The van der Waals surface area contributed by atoms with Crippen molar-refractivity contribution in [2.24, 2.45) is 5.14 Å². The van der Waals surface area contributed by atoms with Crippen molar-refractivity contribution in [3.63, 3.8) is 0 Å². The molecule has 1 amide bonds. The molecule has 144 valence electrons. The van der Waals surface area contributed by atoms with Gasteiger partial charge in [-0.2, -0.15) is 0 Å². The average Bonchev–Trinajstić information content (AvgIpc) is 3.00. The number of nitrogens with two attached hydrogens (primary N) is 1. The molecule has 2 N–H and O–H groups in total. The highest BCUT2D eigenvalue weighted by atomic mass is 32.2. The zero-order valence-corrected chi connectivity index (χ0v) is 16.8. The molecule has 2 heterocycles. The Morgan fingerprint density at radius 1 is 1.25 bits per heavy atom. The zero-order chi connectivity index (χ0) is 19.9. The van der Waals surface area contributed by atoms with Gasteiger partial charge in [0, 0.05) is 28.2 Å². The molecular formula is C20H19N3O3S2. The van der Waals surface area contributed by atoms with Gasteiger partial charge in [-0.25, -0.2) is 13.6 Å². The maximum Gasteiger partial charge on any atom is 0.238 e. The first kappa shape index (κ1) is 18.9. The largest absolute Gasteiger partial charge is 0.308 e. The van der Waals surface area contributed by atoms with Gasteiger partial charge in [-0.15, -0.1) is 11.8 Å². The van der Waals surface area contributed by atoms with Gasteiger partial charge in [0.25, 0.3) is 0 Å². The number of aromatic nitrogens is 1. The van der Waals surface area contributed by atoms with Crippen molar-refractivity contribution in [3.8, 4) is 0 Å². The highest BCUT2D eigenvalue weighted by Gasteiger charge is 2.31. The van der Waals surface area contributed by atoms with E-state index < -0.39 is 10.0 Å². The van der Waals surface area contributed by atoms with E-state index in [2.05, 4.69) is 4.98 Å². The number of rotatable bonds is 4. The van der Waals surface area contributed by atoms with E-state index in [1.165, 1.54) is 17.8 Å². The molecule has 28 heavy (non-hydrogen) atoms. The van der Waals surface area contributed by atoms with Crippen LogP contribution in [0.2, 0.25) is 0 Å². The van der Waals surface area contributed by atoms with E-state index in [0.717, 1.165) is 27.0 Å². The molecule has 6 nitrogen and oxygen atoms in total. The Morgan fingerprint density at radius 2 is 2.04 bits per heavy atom. The van der Waals surface area contributed by atoms with Crippen molar-refractivity contribution in [2.75, 3.05) is 10.7 Å². The summed E-state index contributed by atoms with van der Waals surface area (Å²) in [7, 11) is -3.76. The number of anilines is 1. The summed E-state index contributed by atoms with van der Waals surface area (Å²) < 4.78 is 23.2. The van der Waals surface area contributed by atoms with Crippen LogP contribution in [0.4, 0.5) is 5.69 Å². The molecule has 4 rings (SSSR count). The van der Waals surface area contributed by atoms with Gasteiger partial charge in [-0.05, 0) is 49.2 Å². The summed E-state index contributed by atoms with van der Waals surface area (Å²) in [6, 6.07) is 14.4. The number of para-hydroxylation sites is 1. The van der Waals surface area contributed by atoms with Crippen LogP contribution < -0.4 is 10.0 Å². The number of thioether (sulfide) groups is 1. The third-order valence-corrected chi connectivity index (χ3v) is 6.79. The number of amides is 1. The summed E-state index contributed by atoms with van der Waals surface area (Å²) in [6.45, 7) is 1.96. The number of carbonyl (C=O) groups excluding carboxylic acids is 1. The summed E-state index contributed by atoms with van der Waals surface area (Å²) >= 11 is 1.48. The maximum absolute atomic E-state index is 13.0. The molecule has 0 radical (unpaired) electrons. The summed E-state index contributed by atoms with van der Waals surface area (Å²) in [4.78, 5) is 20.1. The Bertz CT molecular complexity index is 1170. The summed E-state index contributed by atoms with van der Waals surface area (Å²) in [5.74, 6) is 0.273. The van der Waals surface area contributed by atoms with Crippen molar-refractivity contribution in [1.29, 1.82) is 0 Å². The fourth-order valence-corrected chi connectivity index (χ4v) is 5.04. The van der Waals surface area contributed by atoms with Gasteiger partial charge in [0.15, 0.2) is 0 Å². The molecule has 0 saturated heterocycles. The van der Waals surface area contributed by atoms with Crippen LogP contribution in [0.15, 0.2) is 64.5 Å². The lowest BCUT2D eigenvalue weighted by Gasteiger charge is -2.22. The first-order chi connectivity index (χ1) is 13.3. The topological polar surface area (TPSA) is 93.4 Å². The molecule has 0 saturated carbocycles.